The largest absolute Gasteiger partial charge is 0.467 e. The molecule has 0 fully saturated rings. The second-order valence-electron chi connectivity index (χ2n) is 4.59. The van der Waals surface area contributed by atoms with E-state index in [-0.39, 0.29) is 5.69 Å². The fourth-order valence-electron chi connectivity index (χ4n) is 2.04. The molecule has 0 aromatic heterocycles. The van der Waals surface area contributed by atoms with Crippen LogP contribution in [-0.2, 0) is 9.53 Å². The average Bonchev–Trinajstić information content (AvgIpc) is 2.37. The summed E-state index contributed by atoms with van der Waals surface area (Å²) in [5.41, 5.74) is -1.88. The Bertz CT molecular complexity index is 521. The Morgan fingerprint density at radius 3 is 2.70 bits per heavy atom. The van der Waals surface area contributed by atoms with Crippen LogP contribution >= 0.6 is 0 Å². The molecule has 1 aromatic carbocycles. The molecular weight excluding hydrogens is 267 g/mol. The first-order chi connectivity index (χ1) is 9.35. The topological polar surface area (TPSA) is 81.5 Å². The van der Waals surface area contributed by atoms with E-state index in [9.17, 15) is 19.3 Å². The Labute approximate surface area is 116 Å². The number of hydrogen-bond acceptors (Lipinski definition) is 5. The first kappa shape index (κ1) is 15.9. The van der Waals surface area contributed by atoms with Gasteiger partial charge >= 0.3 is 11.7 Å². The summed E-state index contributed by atoms with van der Waals surface area (Å²) in [4.78, 5) is 22.0. The Kier molecular flexibility index (Phi) is 5.01. The zero-order chi connectivity index (χ0) is 15.3. The number of esters is 1. The first-order valence-corrected chi connectivity index (χ1v) is 6.15. The third kappa shape index (κ3) is 3.23. The molecule has 1 aromatic rings. The van der Waals surface area contributed by atoms with Gasteiger partial charge in [-0.15, -0.1) is 0 Å². The van der Waals surface area contributed by atoms with E-state index in [1.54, 1.807) is 6.92 Å². The number of nitrogens with zero attached hydrogens (tertiary/aromatic N) is 1. The molecule has 0 saturated heterocycles. The zero-order valence-electron chi connectivity index (χ0n) is 11.6. The van der Waals surface area contributed by atoms with Crippen LogP contribution in [0.4, 0.5) is 15.8 Å². The van der Waals surface area contributed by atoms with Gasteiger partial charge < -0.3 is 10.1 Å². The van der Waals surface area contributed by atoms with Crippen molar-refractivity contribution in [2.24, 2.45) is 0 Å². The van der Waals surface area contributed by atoms with Crippen molar-refractivity contribution in [1.82, 2.24) is 0 Å². The van der Waals surface area contributed by atoms with Crippen LogP contribution in [0.25, 0.3) is 0 Å². The predicted molar refractivity (Wildman–Crippen MR) is 72.0 cm³/mol. The number of benzene rings is 1. The van der Waals surface area contributed by atoms with Crippen molar-refractivity contribution in [2.45, 2.75) is 32.2 Å². The highest BCUT2D eigenvalue weighted by Gasteiger charge is 2.35. The van der Waals surface area contributed by atoms with E-state index in [0.29, 0.717) is 12.8 Å². The van der Waals surface area contributed by atoms with Gasteiger partial charge in [-0.25, -0.2) is 4.79 Å². The van der Waals surface area contributed by atoms with Crippen LogP contribution in [0.5, 0.6) is 0 Å². The van der Waals surface area contributed by atoms with Crippen molar-refractivity contribution in [3.63, 3.8) is 0 Å². The summed E-state index contributed by atoms with van der Waals surface area (Å²) < 4.78 is 18.3. The highest BCUT2D eigenvalue weighted by atomic mass is 19.1. The summed E-state index contributed by atoms with van der Waals surface area (Å²) in [6.07, 6.45) is 1.05. The molecule has 0 aliphatic heterocycles. The average molecular weight is 284 g/mol. The number of halogens is 1. The summed E-state index contributed by atoms with van der Waals surface area (Å²) in [5.74, 6) is -1.51. The summed E-state index contributed by atoms with van der Waals surface area (Å²) in [6, 6.07) is 3.70. The maximum Gasteiger partial charge on any atom is 0.331 e. The van der Waals surface area contributed by atoms with Crippen LogP contribution < -0.4 is 5.32 Å². The molecule has 1 N–H and O–H groups in total. The highest BCUT2D eigenvalue weighted by molar-refractivity contribution is 5.85. The van der Waals surface area contributed by atoms with Gasteiger partial charge in [0, 0.05) is 0 Å². The number of rotatable bonds is 6. The molecule has 20 heavy (non-hydrogen) atoms. The number of carbonyl (C=O) groups excluding carboxylic acids is 1. The van der Waals surface area contributed by atoms with E-state index in [1.807, 2.05) is 6.92 Å². The number of carbonyl (C=O) groups is 1. The van der Waals surface area contributed by atoms with Gasteiger partial charge in [-0.05, 0) is 25.5 Å². The van der Waals surface area contributed by atoms with Crippen LogP contribution in [0.1, 0.15) is 26.7 Å². The van der Waals surface area contributed by atoms with Crippen LogP contribution in [0, 0.1) is 15.9 Å². The molecule has 1 rings (SSSR count). The molecule has 0 spiro atoms. The number of anilines is 1. The molecule has 0 heterocycles. The standard InChI is InChI=1S/C13H17FN2O4/c1-4-8-13(2,12(17)20-3)15-10-7-5-6-9(14)11(10)16(18)19/h5-7,15H,4,8H2,1-3H3. The van der Waals surface area contributed by atoms with Gasteiger partial charge in [0.05, 0.1) is 12.0 Å². The van der Waals surface area contributed by atoms with Gasteiger partial charge in [-0.2, -0.15) is 4.39 Å². The molecular formula is C13H17FN2O4. The van der Waals surface area contributed by atoms with E-state index >= 15 is 0 Å². The van der Waals surface area contributed by atoms with E-state index in [4.69, 9.17) is 4.74 Å². The predicted octanol–water partition coefficient (Wildman–Crippen LogP) is 2.88. The smallest absolute Gasteiger partial charge is 0.331 e. The fourth-order valence-corrected chi connectivity index (χ4v) is 2.04. The molecule has 0 aliphatic carbocycles. The maximum atomic E-state index is 13.5. The number of ether oxygens (including phenoxy) is 1. The molecule has 7 heteroatoms. The number of nitro benzene ring substituents is 1. The lowest BCUT2D eigenvalue weighted by molar-refractivity contribution is -0.386. The SMILES string of the molecule is CCCC(C)(Nc1cccc(F)c1[N+](=O)[O-])C(=O)OC. The van der Waals surface area contributed by atoms with Gasteiger partial charge in [0.1, 0.15) is 11.2 Å². The van der Waals surface area contributed by atoms with Crippen molar-refractivity contribution in [3.8, 4) is 0 Å². The normalized spacial score (nSPS) is 13.4. The highest BCUT2D eigenvalue weighted by Crippen LogP contribution is 2.31. The van der Waals surface area contributed by atoms with Crippen molar-refractivity contribution < 1.29 is 18.8 Å². The van der Waals surface area contributed by atoms with E-state index < -0.39 is 27.9 Å². The third-order valence-electron chi connectivity index (χ3n) is 2.97. The van der Waals surface area contributed by atoms with E-state index in [1.165, 1.54) is 19.2 Å². The van der Waals surface area contributed by atoms with E-state index in [0.717, 1.165) is 6.07 Å². The lowest BCUT2D eigenvalue weighted by Gasteiger charge is -2.28. The minimum Gasteiger partial charge on any atom is -0.467 e. The Morgan fingerprint density at radius 2 is 2.20 bits per heavy atom. The Hall–Kier alpha value is -2.18. The molecule has 1 atom stereocenters. The molecule has 0 aliphatic rings. The number of hydrogen-bond donors (Lipinski definition) is 1. The molecule has 0 amide bonds. The van der Waals surface area contributed by atoms with Crippen LogP contribution in [0.15, 0.2) is 18.2 Å². The molecule has 0 radical (unpaired) electrons. The van der Waals surface area contributed by atoms with Gasteiger partial charge in [-0.1, -0.05) is 19.4 Å². The minimum atomic E-state index is -1.15. The monoisotopic (exact) mass is 284 g/mol. The Morgan fingerprint density at radius 1 is 1.55 bits per heavy atom. The summed E-state index contributed by atoms with van der Waals surface area (Å²) in [5, 5.41) is 13.7. The first-order valence-electron chi connectivity index (χ1n) is 6.15. The van der Waals surface area contributed by atoms with Crippen molar-refractivity contribution >= 4 is 17.3 Å². The van der Waals surface area contributed by atoms with Crippen LogP contribution in [-0.4, -0.2) is 23.5 Å². The molecule has 6 nitrogen and oxygen atoms in total. The van der Waals surface area contributed by atoms with Gasteiger partial charge in [-0.3, -0.25) is 10.1 Å². The van der Waals surface area contributed by atoms with Crippen molar-refractivity contribution in [2.75, 3.05) is 12.4 Å². The lowest BCUT2D eigenvalue weighted by Crippen LogP contribution is -2.44. The summed E-state index contributed by atoms with van der Waals surface area (Å²) in [6.45, 7) is 3.43. The molecule has 0 bridgehead atoms. The molecule has 0 saturated carbocycles. The maximum absolute atomic E-state index is 13.5. The van der Waals surface area contributed by atoms with Gasteiger partial charge in [0.25, 0.3) is 0 Å². The number of para-hydroxylation sites is 1. The van der Waals surface area contributed by atoms with Crippen LogP contribution in [0.2, 0.25) is 0 Å². The Balaban J connectivity index is 3.22. The molecule has 1 unspecified atom stereocenters. The van der Waals surface area contributed by atoms with E-state index in [2.05, 4.69) is 5.32 Å². The van der Waals surface area contributed by atoms with Crippen molar-refractivity contribution in [3.05, 3.63) is 34.1 Å². The lowest BCUT2D eigenvalue weighted by atomic mass is 9.95. The quantitative estimate of drug-likeness (QED) is 0.493. The van der Waals surface area contributed by atoms with Crippen LogP contribution in [0.3, 0.4) is 0 Å². The molecule has 110 valence electrons. The second-order valence-corrected chi connectivity index (χ2v) is 4.59. The fraction of sp³-hybridized carbons (Fsp3) is 0.462. The van der Waals surface area contributed by atoms with Gasteiger partial charge in [0.15, 0.2) is 0 Å². The summed E-state index contributed by atoms with van der Waals surface area (Å²) >= 11 is 0. The zero-order valence-corrected chi connectivity index (χ0v) is 11.6. The van der Waals surface area contributed by atoms with Crippen molar-refractivity contribution in [1.29, 1.82) is 0 Å². The van der Waals surface area contributed by atoms with Gasteiger partial charge in [0.2, 0.25) is 5.82 Å². The number of methoxy groups -OCH3 is 1. The number of nitro groups is 1. The summed E-state index contributed by atoms with van der Waals surface area (Å²) in [7, 11) is 1.23. The third-order valence-corrected chi connectivity index (χ3v) is 2.97. The number of nitrogens with one attached hydrogen (secondary N) is 1. The second kappa shape index (κ2) is 6.31. The minimum absolute atomic E-state index is 0.0450.